The Bertz CT molecular complexity index is 792. The Morgan fingerprint density at radius 2 is 1.87 bits per heavy atom. The van der Waals surface area contributed by atoms with E-state index < -0.39 is 5.91 Å². The first kappa shape index (κ1) is 16.9. The standard InChI is InChI=1S/C17H13Cl2N3O/c1-11-15(19)3-2-4-16(11)22-17(23)12(9-20)10-21-14-7-5-13(18)6-8-14/h2-8,10,21H,1H3,(H,22,23)/b12-10-. The van der Waals surface area contributed by atoms with Crippen LogP contribution in [0, 0.1) is 18.3 Å². The normalized spacial score (nSPS) is 10.8. The van der Waals surface area contributed by atoms with Crippen molar-refractivity contribution in [3.05, 3.63) is 69.8 Å². The number of amides is 1. The Kier molecular flexibility index (Phi) is 5.64. The number of rotatable bonds is 4. The summed E-state index contributed by atoms with van der Waals surface area (Å²) < 4.78 is 0. The van der Waals surface area contributed by atoms with Gasteiger partial charge in [-0.05, 0) is 48.9 Å². The summed E-state index contributed by atoms with van der Waals surface area (Å²) in [5, 5.41) is 15.9. The van der Waals surface area contributed by atoms with Gasteiger partial charge in [0.2, 0.25) is 0 Å². The summed E-state index contributed by atoms with van der Waals surface area (Å²) in [7, 11) is 0. The van der Waals surface area contributed by atoms with E-state index in [1.165, 1.54) is 6.20 Å². The van der Waals surface area contributed by atoms with Gasteiger partial charge in [-0.3, -0.25) is 4.79 Å². The van der Waals surface area contributed by atoms with E-state index in [1.54, 1.807) is 49.4 Å². The van der Waals surface area contributed by atoms with Crippen molar-refractivity contribution in [1.82, 2.24) is 0 Å². The number of halogens is 2. The maximum absolute atomic E-state index is 12.2. The molecule has 0 bridgehead atoms. The molecule has 0 saturated carbocycles. The molecule has 0 heterocycles. The largest absolute Gasteiger partial charge is 0.360 e. The fraction of sp³-hybridized carbons (Fsp3) is 0.0588. The SMILES string of the molecule is Cc1c(Cl)cccc1NC(=O)/C(C#N)=C\Nc1ccc(Cl)cc1. The molecule has 2 rings (SSSR count). The fourth-order valence-corrected chi connectivity index (χ4v) is 2.08. The maximum Gasteiger partial charge on any atom is 0.267 e. The lowest BCUT2D eigenvalue weighted by atomic mass is 10.2. The first-order chi connectivity index (χ1) is 11.0. The summed E-state index contributed by atoms with van der Waals surface area (Å²) in [6, 6.07) is 13.9. The quantitative estimate of drug-likeness (QED) is 0.620. The van der Waals surface area contributed by atoms with Gasteiger partial charge in [-0.15, -0.1) is 0 Å². The van der Waals surface area contributed by atoms with Crippen LogP contribution in [-0.2, 0) is 4.79 Å². The molecule has 0 aromatic heterocycles. The van der Waals surface area contributed by atoms with Crippen molar-refractivity contribution in [3.63, 3.8) is 0 Å². The molecule has 4 nitrogen and oxygen atoms in total. The van der Waals surface area contributed by atoms with Crippen LogP contribution in [0.3, 0.4) is 0 Å². The Morgan fingerprint density at radius 3 is 2.52 bits per heavy atom. The average molecular weight is 346 g/mol. The van der Waals surface area contributed by atoms with Crippen LogP contribution in [0.5, 0.6) is 0 Å². The summed E-state index contributed by atoms with van der Waals surface area (Å²) in [5.41, 5.74) is 1.97. The van der Waals surface area contributed by atoms with Gasteiger partial charge in [0.25, 0.3) is 5.91 Å². The topological polar surface area (TPSA) is 64.9 Å². The van der Waals surface area contributed by atoms with E-state index in [9.17, 15) is 4.79 Å². The van der Waals surface area contributed by atoms with Gasteiger partial charge in [0.15, 0.2) is 0 Å². The van der Waals surface area contributed by atoms with E-state index in [1.807, 2.05) is 6.07 Å². The van der Waals surface area contributed by atoms with Crippen molar-refractivity contribution < 1.29 is 4.79 Å². The Balaban J connectivity index is 2.12. The van der Waals surface area contributed by atoms with E-state index in [0.29, 0.717) is 21.4 Å². The minimum absolute atomic E-state index is 0.0562. The number of nitrogens with one attached hydrogen (secondary N) is 2. The smallest absolute Gasteiger partial charge is 0.267 e. The predicted molar refractivity (Wildman–Crippen MR) is 93.6 cm³/mol. The summed E-state index contributed by atoms with van der Waals surface area (Å²) in [4.78, 5) is 12.2. The maximum atomic E-state index is 12.2. The number of hydrogen-bond acceptors (Lipinski definition) is 3. The molecule has 1 amide bonds. The minimum Gasteiger partial charge on any atom is -0.360 e. The first-order valence-corrected chi connectivity index (χ1v) is 7.45. The van der Waals surface area contributed by atoms with E-state index in [-0.39, 0.29) is 5.57 Å². The van der Waals surface area contributed by atoms with Crippen LogP contribution >= 0.6 is 23.2 Å². The molecule has 0 spiro atoms. The first-order valence-electron chi connectivity index (χ1n) is 6.70. The van der Waals surface area contributed by atoms with Crippen LogP contribution in [0.4, 0.5) is 11.4 Å². The van der Waals surface area contributed by atoms with Gasteiger partial charge in [-0.25, -0.2) is 0 Å². The second-order valence-corrected chi connectivity index (χ2v) is 5.53. The Labute approximate surface area is 144 Å². The van der Waals surface area contributed by atoms with Gasteiger partial charge in [-0.1, -0.05) is 29.3 Å². The van der Waals surface area contributed by atoms with Gasteiger partial charge in [-0.2, -0.15) is 5.26 Å². The molecule has 0 unspecified atom stereocenters. The highest BCUT2D eigenvalue weighted by Crippen LogP contribution is 2.23. The molecule has 0 aliphatic carbocycles. The highest BCUT2D eigenvalue weighted by atomic mass is 35.5. The number of benzene rings is 2. The zero-order valence-electron chi connectivity index (χ0n) is 12.2. The highest BCUT2D eigenvalue weighted by Gasteiger charge is 2.11. The summed E-state index contributed by atoms with van der Waals surface area (Å²) >= 11 is 11.8. The zero-order valence-corrected chi connectivity index (χ0v) is 13.7. The Morgan fingerprint density at radius 1 is 1.17 bits per heavy atom. The summed E-state index contributed by atoms with van der Waals surface area (Å²) in [6.45, 7) is 1.79. The Hall–Kier alpha value is -2.48. The molecule has 0 radical (unpaired) electrons. The van der Waals surface area contributed by atoms with Crippen molar-refractivity contribution >= 4 is 40.5 Å². The highest BCUT2D eigenvalue weighted by molar-refractivity contribution is 6.32. The lowest BCUT2D eigenvalue weighted by Gasteiger charge is -2.09. The lowest BCUT2D eigenvalue weighted by molar-refractivity contribution is -0.112. The second kappa shape index (κ2) is 7.68. The lowest BCUT2D eigenvalue weighted by Crippen LogP contribution is -2.15. The molecule has 0 fully saturated rings. The molecule has 0 aliphatic rings. The van der Waals surface area contributed by atoms with Crippen molar-refractivity contribution in [2.75, 3.05) is 10.6 Å². The molecule has 0 aliphatic heterocycles. The third-order valence-electron chi connectivity index (χ3n) is 3.11. The van der Waals surface area contributed by atoms with E-state index >= 15 is 0 Å². The number of hydrogen-bond donors (Lipinski definition) is 2. The molecular formula is C17H13Cl2N3O. The fourth-order valence-electron chi connectivity index (χ4n) is 1.78. The molecule has 23 heavy (non-hydrogen) atoms. The van der Waals surface area contributed by atoms with Crippen molar-refractivity contribution in [3.8, 4) is 6.07 Å². The van der Waals surface area contributed by atoms with Gasteiger partial charge in [0.05, 0.1) is 0 Å². The number of anilines is 2. The molecule has 2 aromatic rings. The predicted octanol–water partition coefficient (Wildman–Crippen LogP) is 4.76. The second-order valence-electron chi connectivity index (χ2n) is 4.69. The molecule has 2 aromatic carbocycles. The molecule has 116 valence electrons. The zero-order chi connectivity index (χ0) is 16.8. The van der Waals surface area contributed by atoms with Gasteiger partial charge in [0.1, 0.15) is 11.6 Å². The van der Waals surface area contributed by atoms with Crippen molar-refractivity contribution in [2.45, 2.75) is 6.92 Å². The molecular weight excluding hydrogens is 333 g/mol. The average Bonchev–Trinajstić information content (AvgIpc) is 2.54. The third kappa shape index (κ3) is 4.49. The van der Waals surface area contributed by atoms with Crippen LogP contribution in [0.15, 0.2) is 54.2 Å². The van der Waals surface area contributed by atoms with Crippen LogP contribution in [0.2, 0.25) is 10.0 Å². The van der Waals surface area contributed by atoms with Crippen LogP contribution in [-0.4, -0.2) is 5.91 Å². The van der Waals surface area contributed by atoms with Gasteiger partial charge in [0, 0.05) is 27.6 Å². The molecule has 0 atom stereocenters. The number of nitriles is 1. The number of carbonyl (C=O) groups is 1. The van der Waals surface area contributed by atoms with Crippen LogP contribution in [0.1, 0.15) is 5.56 Å². The molecule has 2 N–H and O–H groups in total. The molecule has 0 saturated heterocycles. The van der Waals surface area contributed by atoms with Crippen LogP contribution in [0.25, 0.3) is 0 Å². The van der Waals surface area contributed by atoms with E-state index in [2.05, 4.69) is 10.6 Å². The van der Waals surface area contributed by atoms with Crippen molar-refractivity contribution in [1.29, 1.82) is 5.26 Å². The monoisotopic (exact) mass is 345 g/mol. The minimum atomic E-state index is -0.515. The third-order valence-corrected chi connectivity index (χ3v) is 3.77. The van der Waals surface area contributed by atoms with Crippen molar-refractivity contribution in [2.24, 2.45) is 0 Å². The summed E-state index contributed by atoms with van der Waals surface area (Å²) in [5.74, 6) is -0.515. The van der Waals surface area contributed by atoms with Gasteiger partial charge < -0.3 is 10.6 Å². The van der Waals surface area contributed by atoms with Crippen LogP contribution < -0.4 is 10.6 Å². The summed E-state index contributed by atoms with van der Waals surface area (Å²) in [6.07, 6.45) is 1.35. The molecule has 6 heteroatoms. The van der Waals surface area contributed by atoms with Gasteiger partial charge >= 0.3 is 0 Å². The van der Waals surface area contributed by atoms with E-state index in [0.717, 1.165) is 5.56 Å². The van der Waals surface area contributed by atoms with E-state index in [4.69, 9.17) is 28.5 Å². The number of carbonyl (C=O) groups excluding carboxylic acids is 1. The number of nitrogens with zero attached hydrogens (tertiary/aromatic N) is 1.